The van der Waals surface area contributed by atoms with Crippen LogP contribution in [0.25, 0.3) is 0 Å². The average Bonchev–Trinajstić information content (AvgIpc) is 3.28. The Morgan fingerprint density at radius 1 is 1.28 bits per heavy atom. The summed E-state index contributed by atoms with van der Waals surface area (Å²) >= 11 is 0. The van der Waals surface area contributed by atoms with E-state index in [1.54, 1.807) is 0 Å². The van der Waals surface area contributed by atoms with Crippen LogP contribution in [0.15, 0.2) is 29.3 Å². The van der Waals surface area contributed by atoms with Crippen molar-refractivity contribution in [1.82, 2.24) is 15.1 Å². The summed E-state index contributed by atoms with van der Waals surface area (Å²) < 4.78 is 0. The monoisotopic (exact) mass is 342 g/mol. The van der Waals surface area contributed by atoms with Crippen molar-refractivity contribution in [2.45, 2.75) is 39.0 Å². The van der Waals surface area contributed by atoms with E-state index >= 15 is 0 Å². The fraction of sp³-hybridized carbons (Fsp3) is 0.667. The van der Waals surface area contributed by atoms with Crippen LogP contribution in [0, 0.1) is 12.8 Å². The lowest BCUT2D eigenvalue weighted by Crippen LogP contribution is -2.42. The maximum atomic E-state index is 4.54. The molecule has 1 aromatic rings. The van der Waals surface area contributed by atoms with Crippen molar-refractivity contribution in [3.05, 3.63) is 35.4 Å². The van der Waals surface area contributed by atoms with Gasteiger partial charge in [-0.25, -0.2) is 0 Å². The summed E-state index contributed by atoms with van der Waals surface area (Å²) in [6, 6.07) is 8.83. The molecule has 4 heteroatoms. The van der Waals surface area contributed by atoms with Crippen molar-refractivity contribution < 1.29 is 0 Å². The standard InChI is InChI=1S/C21H34N4/c1-17-7-6-8-20(13-17)18(2)14-23-21(22-3)25-12-9-19(16-25)15-24-10-4-5-11-24/h6-8,13,18-19H,4-5,9-12,14-16H2,1-3H3,(H,22,23). The van der Waals surface area contributed by atoms with E-state index in [9.17, 15) is 0 Å². The second-order valence-electron chi connectivity index (χ2n) is 7.85. The number of nitrogens with zero attached hydrogens (tertiary/aromatic N) is 3. The minimum Gasteiger partial charge on any atom is -0.356 e. The summed E-state index contributed by atoms with van der Waals surface area (Å²) in [5.41, 5.74) is 2.73. The first-order valence-electron chi connectivity index (χ1n) is 9.90. The number of nitrogens with one attached hydrogen (secondary N) is 1. The Morgan fingerprint density at radius 2 is 2.08 bits per heavy atom. The third kappa shape index (κ3) is 4.97. The summed E-state index contributed by atoms with van der Waals surface area (Å²) in [7, 11) is 1.91. The zero-order valence-corrected chi connectivity index (χ0v) is 16.2. The van der Waals surface area contributed by atoms with Crippen LogP contribution in [0.2, 0.25) is 0 Å². The fourth-order valence-corrected chi connectivity index (χ4v) is 4.18. The van der Waals surface area contributed by atoms with Crippen LogP contribution in [-0.4, -0.2) is 62.1 Å². The van der Waals surface area contributed by atoms with Crippen LogP contribution in [0.5, 0.6) is 0 Å². The van der Waals surface area contributed by atoms with Gasteiger partial charge >= 0.3 is 0 Å². The molecule has 2 aliphatic heterocycles. The Bertz CT molecular complexity index is 577. The Morgan fingerprint density at radius 3 is 2.80 bits per heavy atom. The van der Waals surface area contributed by atoms with Gasteiger partial charge in [-0.15, -0.1) is 0 Å². The van der Waals surface area contributed by atoms with Gasteiger partial charge in [-0.3, -0.25) is 4.99 Å². The lowest BCUT2D eigenvalue weighted by Gasteiger charge is -2.24. The molecule has 2 saturated heterocycles. The van der Waals surface area contributed by atoms with Gasteiger partial charge in [0.1, 0.15) is 0 Å². The van der Waals surface area contributed by atoms with Gasteiger partial charge in [0.2, 0.25) is 0 Å². The molecule has 0 aliphatic carbocycles. The molecule has 1 N–H and O–H groups in total. The molecule has 0 bridgehead atoms. The Kier molecular flexibility index (Phi) is 6.35. The topological polar surface area (TPSA) is 30.9 Å². The first kappa shape index (κ1) is 18.2. The molecular weight excluding hydrogens is 308 g/mol. The van der Waals surface area contributed by atoms with Crippen LogP contribution in [0.3, 0.4) is 0 Å². The van der Waals surface area contributed by atoms with Crippen LogP contribution >= 0.6 is 0 Å². The fourth-order valence-electron chi connectivity index (χ4n) is 4.18. The van der Waals surface area contributed by atoms with Gasteiger partial charge in [0.15, 0.2) is 5.96 Å². The molecule has 2 aliphatic rings. The molecule has 1 aromatic carbocycles. The Hall–Kier alpha value is -1.55. The lowest BCUT2D eigenvalue weighted by atomic mass is 9.99. The minimum absolute atomic E-state index is 0.486. The third-order valence-electron chi connectivity index (χ3n) is 5.69. The molecule has 0 saturated carbocycles. The van der Waals surface area contributed by atoms with Gasteiger partial charge in [0.25, 0.3) is 0 Å². The molecule has 0 spiro atoms. The second-order valence-corrected chi connectivity index (χ2v) is 7.85. The number of likely N-dealkylation sites (tertiary alicyclic amines) is 2. The molecule has 2 fully saturated rings. The highest BCUT2D eigenvalue weighted by molar-refractivity contribution is 5.80. The summed E-state index contributed by atoms with van der Waals surface area (Å²) in [5, 5.41) is 3.61. The smallest absolute Gasteiger partial charge is 0.193 e. The molecule has 0 radical (unpaired) electrons. The van der Waals surface area contributed by atoms with Crippen LogP contribution in [0.1, 0.15) is 43.2 Å². The predicted octanol–water partition coefficient (Wildman–Crippen LogP) is 3.09. The zero-order chi connectivity index (χ0) is 17.6. The molecule has 0 amide bonds. The number of hydrogen-bond acceptors (Lipinski definition) is 2. The van der Waals surface area contributed by atoms with Gasteiger partial charge < -0.3 is 15.1 Å². The molecule has 138 valence electrons. The van der Waals surface area contributed by atoms with E-state index < -0.39 is 0 Å². The second kappa shape index (κ2) is 8.70. The first-order chi connectivity index (χ1) is 12.2. The number of hydrogen-bond donors (Lipinski definition) is 1. The van der Waals surface area contributed by atoms with E-state index in [4.69, 9.17) is 0 Å². The minimum atomic E-state index is 0.486. The predicted molar refractivity (Wildman–Crippen MR) is 106 cm³/mol. The van der Waals surface area contributed by atoms with Crippen molar-refractivity contribution in [1.29, 1.82) is 0 Å². The van der Waals surface area contributed by atoms with E-state index in [-0.39, 0.29) is 0 Å². The van der Waals surface area contributed by atoms with Crippen molar-refractivity contribution in [2.75, 3.05) is 46.3 Å². The van der Waals surface area contributed by atoms with Gasteiger partial charge in [-0.05, 0) is 56.7 Å². The molecule has 2 unspecified atom stereocenters. The molecule has 3 rings (SSSR count). The molecule has 2 heterocycles. The number of aliphatic imine (C=N–C) groups is 1. The van der Waals surface area contributed by atoms with E-state index in [2.05, 4.69) is 58.2 Å². The van der Waals surface area contributed by atoms with Gasteiger partial charge in [0.05, 0.1) is 0 Å². The largest absolute Gasteiger partial charge is 0.356 e. The van der Waals surface area contributed by atoms with E-state index in [0.717, 1.165) is 31.5 Å². The first-order valence-corrected chi connectivity index (χ1v) is 9.90. The van der Waals surface area contributed by atoms with E-state index in [0.29, 0.717) is 5.92 Å². The Balaban J connectivity index is 1.47. The molecule has 4 nitrogen and oxygen atoms in total. The van der Waals surface area contributed by atoms with E-state index in [1.807, 2.05) is 7.05 Å². The van der Waals surface area contributed by atoms with Crippen LogP contribution in [0.4, 0.5) is 0 Å². The summed E-state index contributed by atoms with van der Waals surface area (Å²) in [6.07, 6.45) is 4.07. The van der Waals surface area contributed by atoms with Crippen molar-refractivity contribution in [2.24, 2.45) is 10.9 Å². The highest BCUT2D eigenvalue weighted by Crippen LogP contribution is 2.20. The van der Waals surface area contributed by atoms with Crippen molar-refractivity contribution >= 4 is 5.96 Å². The number of aryl methyl sites for hydroxylation is 1. The summed E-state index contributed by atoms with van der Waals surface area (Å²) in [6.45, 7) is 11.5. The van der Waals surface area contributed by atoms with Crippen LogP contribution in [-0.2, 0) is 0 Å². The molecule has 25 heavy (non-hydrogen) atoms. The number of benzene rings is 1. The quantitative estimate of drug-likeness (QED) is 0.659. The molecule has 2 atom stereocenters. The van der Waals surface area contributed by atoms with Crippen LogP contribution < -0.4 is 5.32 Å². The van der Waals surface area contributed by atoms with Crippen molar-refractivity contribution in [3.63, 3.8) is 0 Å². The SMILES string of the molecule is CN=C(NCC(C)c1cccc(C)c1)N1CCC(CN2CCCC2)C1. The Labute approximate surface area is 153 Å². The molecule has 0 aromatic heterocycles. The van der Waals surface area contributed by atoms with Crippen molar-refractivity contribution in [3.8, 4) is 0 Å². The maximum Gasteiger partial charge on any atom is 0.193 e. The van der Waals surface area contributed by atoms with Gasteiger partial charge in [0, 0.05) is 33.2 Å². The van der Waals surface area contributed by atoms with Gasteiger partial charge in [-0.2, -0.15) is 0 Å². The van der Waals surface area contributed by atoms with Gasteiger partial charge in [-0.1, -0.05) is 36.8 Å². The summed E-state index contributed by atoms with van der Waals surface area (Å²) in [5.74, 6) is 2.36. The zero-order valence-electron chi connectivity index (χ0n) is 16.2. The highest BCUT2D eigenvalue weighted by Gasteiger charge is 2.27. The lowest BCUT2D eigenvalue weighted by molar-refractivity contribution is 0.281. The normalized spacial score (nSPS) is 23.2. The van der Waals surface area contributed by atoms with E-state index in [1.165, 1.54) is 50.0 Å². The maximum absolute atomic E-state index is 4.54. The summed E-state index contributed by atoms with van der Waals surface area (Å²) in [4.78, 5) is 9.63. The molecular formula is C21H34N4. The highest BCUT2D eigenvalue weighted by atomic mass is 15.3. The average molecular weight is 343 g/mol. The third-order valence-corrected chi connectivity index (χ3v) is 5.69. The number of guanidine groups is 1. The number of rotatable bonds is 5.